The summed E-state index contributed by atoms with van der Waals surface area (Å²) < 4.78 is 0. The number of aliphatic hydroxyl groups is 1. The predicted molar refractivity (Wildman–Crippen MR) is 69.4 cm³/mol. The number of benzene rings is 1. The number of carbonyl (C=O) groups is 1. The van der Waals surface area contributed by atoms with Gasteiger partial charge in [-0.1, -0.05) is 12.1 Å². The van der Waals surface area contributed by atoms with Crippen LogP contribution in [-0.4, -0.2) is 40.1 Å². The van der Waals surface area contributed by atoms with Gasteiger partial charge in [0.25, 0.3) is 5.91 Å². The number of rotatable bonds is 4. The summed E-state index contributed by atoms with van der Waals surface area (Å²) in [6, 6.07) is 7.99. The van der Waals surface area contributed by atoms with Crippen LogP contribution >= 0.6 is 0 Å². The molecule has 2 aromatic rings. The molecule has 1 aromatic carbocycles. The third kappa shape index (κ3) is 1.88. The topological polar surface area (TPSA) is 56.3 Å². The van der Waals surface area contributed by atoms with Gasteiger partial charge in [0.2, 0.25) is 0 Å². The van der Waals surface area contributed by atoms with Crippen LogP contribution in [0.25, 0.3) is 10.9 Å². The van der Waals surface area contributed by atoms with Crippen molar-refractivity contribution in [1.82, 2.24) is 9.88 Å². The van der Waals surface area contributed by atoms with Crippen LogP contribution in [0.3, 0.4) is 0 Å². The van der Waals surface area contributed by atoms with Crippen LogP contribution in [0, 0.1) is 0 Å². The summed E-state index contributed by atoms with van der Waals surface area (Å²) in [6.07, 6.45) is 3.94. The summed E-state index contributed by atoms with van der Waals surface area (Å²) in [5, 5.41) is 10.1. The van der Waals surface area contributed by atoms with Gasteiger partial charge in [0.05, 0.1) is 17.7 Å². The zero-order chi connectivity index (χ0) is 12.5. The summed E-state index contributed by atoms with van der Waals surface area (Å²) in [4.78, 5) is 17.4. The van der Waals surface area contributed by atoms with E-state index < -0.39 is 0 Å². The minimum Gasteiger partial charge on any atom is -0.395 e. The van der Waals surface area contributed by atoms with Gasteiger partial charge in [-0.25, -0.2) is 0 Å². The molecule has 0 atom stereocenters. The fraction of sp³-hybridized carbons (Fsp3) is 0.357. The van der Waals surface area contributed by atoms with E-state index in [1.54, 1.807) is 4.90 Å². The number of H-pyrrole nitrogens is 1. The van der Waals surface area contributed by atoms with Crippen molar-refractivity contribution in [3.63, 3.8) is 0 Å². The van der Waals surface area contributed by atoms with Crippen LogP contribution in [0.1, 0.15) is 23.2 Å². The second-order valence-electron chi connectivity index (χ2n) is 4.70. The Kier molecular flexibility index (Phi) is 2.80. The number of aromatic amines is 1. The van der Waals surface area contributed by atoms with Crippen LogP contribution in [0.5, 0.6) is 0 Å². The fourth-order valence-electron chi connectivity index (χ4n) is 2.36. The molecule has 0 spiro atoms. The number of fused-ring (bicyclic) bond motifs is 1. The summed E-state index contributed by atoms with van der Waals surface area (Å²) in [5.41, 5.74) is 1.57. The molecule has 2 N–H and O–H groups in total. The van der Waals surface area contributed by atoms with Crippen molar-refractivity contribution in [2.24, 2.45) is 0 Å². The lowest BCUT2D eigenvalue weighted by Crippen LogP contribution is -2.35. The first-order valence-electron chi connectivity index (χ1n) is 6.29. The number of hydrogen-bond donors (Lipinski definition) is 2. The summed E-state index contributed by atoms with van der Waals surface area (Å²) in [7, 11) is 0. The van der Waals surface area contributed by atoms with Gasteiger partial charge < -0.3 is 15.0 Å². The number of aromatic nitrogens is 1. The van der Waals surface area contributed by atoms with Gasteiger partial charge in [0.1, 0.15) is 0 Å². The molecule has 0 saturated heterocycles. The zero-order valence-electron chi connectivity index (χ0n) is 10.1. The molecule has 94 valence electrons. The van der Waals surface area contributed by atoms with Gasteiger partial charge in [-0.2, -0.15) is 0 Å². The summed E-state index contributed by atoms with van der Waals surface area (Å²) >= 11 is 0. The third-order valence-electron chi connectivity index (χ3n) is 3.41. The van der Waals surface area contributed by atoms with Crippen molar-refractivity contribution in [1.29, 1.82) is 0 Å². The zero-order valence-corrected chi connectivity index (χ0v) is 10.1. The Morgan fingerprint density at radius 1 is 1.39 bits per heavy atom. The molecule has 3 rings (SSSR count). The number of nitrogens with zero attached hydrogens (tertiary/aromatic N) is 1. The second kappa shape index (κ2) is 4.46. The van der Waals surface area contributed by atoms with Crippen molar-refractivity contribution in [3.05, 3.63) is 36.0 Å². The minimum atomic E-state index is 0.0135. The highest BCUT2D eigenvalue weighted by Crippen LogP contribution is 2.29. The number of amides is 1. The Morgan fingerprint density at radius 3 is 2.94 bits per heavy atom. The highest BCUT2D eigenvalue weighted by molar-refractivity contribution is 6.05. The SMILES string of the molecule is O=C(c1cccc2cc[nH]c12)N(CCO)C1CC1. The molecule has 1 aliphatic rings. The maximum atomic E-state index is 12.5. The van der Waals surface area contributed by atoms with E-state index in [9.17, 15) is 4.79 Å². The van der Waals surface area contributed by atoms with E-state index in [1.165, 1.54) is 0 Å². The number of hydrogen-bond acceptors (Lipinski definition) is 2. The van der Waals surface area contributed by atoms with Crippen molar-refractivity contribution >= 4 is 16.8 Å². The smallest absolute Gasteiger partial charge is 0.256 e. The number of carbonyl (C=O) groups excluding carboxylic acids is 1. The predicted octanol–water partition coefficient (Wildman–Crippen LogP) is 1.76. The monoisotopic (exact) mass is 244 g/mol. The van der Waals surface area contributed by atoms with E-state index in [4.69, 9.17) is 5.11 Å². The van der Waals surface area contributed by atoms with Crippen LogP contribution in [-0.2, 0) is 0 Å². The molecule has 1 amide bonds. The third-order valence-corrected chi connectivity index (χ3v) is 3.41. The van der Waals surface area contributed by atoms with Gasteiger partial charge >= 0.3 is 0 Å². The lowest BCUT2D eigenvalue weighted by Gasteiger charge is -2.21. The fourth-order valence-corrected chi connectivity index (χ4v) is 2.36. The van der Waals surface area contributed by atoms with E-state index in [1.807, 2.05) is 30.5 Å². The van der Waals surface area contributed by atoms with Crippen molar-refractivity contribution < 1.29 is 9.90 Å². The summed E-state index contributed by atoms with van der Waals surface area (Å²) in [6.45, 7) is 0.434. The van der Waals surface area contributed by atoms with Gasteiger partial charge in [0.15, 0.2) is 0 Å². The molecule has 1 fully saturated rings. The first kappa shape index (κ1) is 11.3. The Labute approximate surface area is 105 Å². The van der Waals surface area contributed by atoms with Gasteiger partial charge in [0, 0.05) is 24.2 Å². The second-order valence-corrected chi connectivity index (χ2v) is 4.70. The standard InChI is InChI=1S/C14H16N2O2/c17-9-8-16(11-4-5-11)14(18)12-3-1-2-10-6-7-15-13(10)12/h1-3,6-7,11,15,17H,4-5,8-9H2. The number of para-hydroxylation sites is 1. The van der Waals surface area contributed by atoms with Gasteiger partial charge in [-0.15, -0.1) is 0 Å². The van der Waals surface area contributed by atoms with Crippen LogP contribution in [0.2, 0.25) is 0 Å². The quantitative estimate of drug-likeness (QED) is 0.861. The molecular formula is C14H16N2O2. The van der Waals surface area contributed by atoms with E-state index in [0.29, 0.717) is 18.2 Å². The molecule has 0 bridgehead atoms. The normalized spacial score (nSPS) is 14.9. The van der Waals surface area contributed by atoms with Crippen LogP contribution in [0.15, 0.2) is 30.5 Å². The Hall–Kier alpha value is -1.81. The molecule has 18 heavy (non-hydrogen) atoms. The maximum Gasteiger partial charge on any atom is 0.256 e. The van der Waals surface area contributed by atoms with E-state index in [0.717, 1.165) is 23.7 Å². The Bertz CT molecular complexity index is 572. The summed E-state index contributed by atoms with van der Waals surface area (Å²) in [5.74, 6) is 0.0135. The molecule has 0 aliphatic heterocycles. The molecular weight excluding hydrogens is 228 g/mol. The van der Waals surface area contributed by atoms with Gasteiger partial charge in [-0.05, 0) is 25.0 Å². The van der Waals surface area contributed by atoms with Crippen molar-refractivity contribution in [2.45, 2.75) is 18.9 Å². The molecule has 1 aliphatic carbocycles. The lowest BCUT2D eigenvalue weighted by molar-refractivity contribution is 0.0709. The largest absolute Gasteiger partial charge is 0.395 e. The van der Waals surface area contributed by atoms with Crippen LogP contribution < -0.4 is 0 Å². The van der Waals surface area contributed by atoms with E-state index >= 15 is 0 Å². The molecule has 4 nitrogen and oxygen atoms in total. The maximum absolute atomic E-state index is 12.5. The molecule has 0 radical (unpaired) electrons. The molecule has 1 saturated carbocycles. The average molecular weight is 244 g/mol. The first-order valence-corrected chi connectivity index (χ1v) is 6.29. The molecule has 4 heteroatoms. The van der Waals surface area contributed by atoms with E-state index in [-0.39, 0.29) is 12.5 Å². The lowest BCUT2D eigenvalue weighted by atomic mass is 10.1. The Morgan fingerprint density at radius 2 is 2.22 bits per heavy atom. The molecule has 1 heterocycles. The number of aliphatic hydroxyl groups excluding tert-OH is 1. The van der Waals surface area contributed by atoms with Crippen molar-refractivity contribution in [2.75, 3.05) is 13.2 Å². The van der Waals surface area contributed by atoms with Gasteiger partial charge in [-0.3, -0.25) is 4.79 Å². The highest BCUT2D eigenvalue weighted by Gasteiger charge is 2.33. The van der Waals surface area contributed by atoms with Crippen molar-refractivity contribution in [3.8, 4) is 0 Å². The van der Waals surface area contributed by atoms with Crippen LogP contribution in [0.4, 0.5) is 0 Å². The highest BCUT2D eigenvalue weighted by atomic mass is 16.3. The molecule has 0 unspecified atom stereocenters. The Balaban J connectivity index is 1.97. The van der Waals surface area contributed by atoms with E-state index in [2.05, 4.69) is 4.98 Å². The average Bonchev–Trinajstić information content (AvgIpc) is 3.11. The first-order chi connectivity index (χ1) is 8.81. The number of nitrogens with one attached hydrogen (secondary N) is 1. The minimum absolute atomic E-state index is 0.0135. The molecule has 1 aromatic heterocycles.